The number of pyridine rings is 2. The van der Waals surface area contributed by atoms with E-state index < -0.39 is 17.8 Å². The number of hydrogen-bond donors (Lipinski definition) is 3. The van der Waals surface area contributed by atoms with Crippen molar-refractivity contribution >= 4 is 22.8 Å². The number of anilines is 1. The van der Waals surface area contributed by atoms with Crippen LogP contribution in [0.4, 0.5) is 23.7 Å². The number of aromatic amines is 2. The molecule has 1 aromatic carbocycles. The smallest absolute Gasteiger partial charge is 0.416 e. The van der Waals surface area contributed by atoms with Gasteiger partial charge in [-0.05, 0) is 54.9 Å². The summed E-state index contributed by atoms with van der Waals surface area (Å²) in [7, 11) is 2.00. The first-order valence-corrected chi connectivity index (χ1v) is 15.9. The molecule has 1 saturated heterocycles. The van der Waals surface area contributed by atoms with Crippen LogP contribution in [0, 0.1) is 0 Å². The Morgan fingerprint density at radius 2 is 1.92 bits per heavy atom. The number of hydrogen-bond acceptors (Lipinski definition) is 7. The molecule has 11 nitrogen and oxygen atoms in total. The van der Waals surface area contributed by atoms with Crippen LogP contribution in [0.5, 0.6) is 11.5 Å². The van der Waals surface area contributed by atoms with Gasteiger partial charge in [-0.2, -0.15) is 18.3 Å². The summed E-state index contributed by atoms with van der Waals surface area (Å²) in [5, 5.41) is 10.3. The van der Waals surface area contributed by atoms with Crippen LogP contribution in [0.2, 0.25) is 0 Å². The van der Waals surface area contributed by atoms with Crippen LogP contribution in [0.15, 0.2) is 61.2 Å². The fourth-order valence-corrected chi connectivity index (χ4v) is 6.43. The van der Waals surface area contributed by atoms with E-state index in [0.717, 1.165) is 53.5 Å². The Morgan fingerprint density at radius 3 is 2.67 bits per heavy atom. The van der Waals surface area contributed by atoms with Gasteiger partial charge in [-0.3, -0.25) is 15.0 Å². The Hall–Kier alpha value is -4.95. The number of fused-ring (bicyclic) bond motifs is 2. The van der Waals surface area contributed by atoms with Gasteiger partial charge in [0.1, 0.15) is 17.1 Å². The highest BCUT2D eigenvalue weighted by molar-refractivity contribution is 5.90. The third kappa shape index (κ3) is 6.58. The molecule has 14 heteroatoms. The van der Waals surface area contributed by atoms with Gasteiger partial charge in [0.15, 0.2) is 0 Å². The number of piperazine rings is 1. The van der Waals surface area contributed by atoms with E-state index in [1.807, 2.05) is 31.0 Å². The summed E-state index contributed by atoms with van der Waals surface area (Å²) >= 11 is 0. The minimum atomic E-state index is -4.55. The van der Waals surface area contributed by atoms with E-state index in [0.29, 0.717) is 36.8 Å². The zero-order valence-electron chi connectivity index (χ0n) is 26.6. The molecular weight excluding hydrogens is 623 g/mol. The molecule has 0 saturated carbocycles. The first-order chi connectivity index (χ1) is 23.1. The van der Waals surface area contributed by atoms with E-state index in [9.17, 15) is 18.0 Å². The molecule has 1 fully saturated rings. The zero-order valence-corrected chi connectivity index (χ0v) is 26.6. The van der Waals surface area contributed by atoms with Crippen molar-refractivity contribution in [2.45, 2.75) is 38.5 Å². The van der Waals surface area contributed by atoms with Crippen LogP contribution in [0.3, 0.4) is 0 Å². The number of carbonyl (C=O) groups excluding carboxylic acids is 1. The van der Waals surface area contributed by atoms with Crippen molar-refractivity contribution in [2.24, 2.45) is 0 Å². The molecule has 0 bridgehead atoms. The Balaban J connectivity index is 1.08. The molecule has 0 radical (unpaired) electrons. The molecule has 48 heavy (non-hydrogen) atoms. The van der Waals surface area contributed by atoms with E-state index in [4.69, 9.17) is 9.72 Å². The molecule has 250 valence electrons. The fourth-order valence-electron chi connectivity index (χ4n) is 6.43. The van der Waals surface area contributed by atoms with Gasteiger partial charge >= 0.3 is 12.2 Å². The lowest BCUT2D eigenvalue weighted by molar-refractivity contribution is -0.138. The van der Waals surface area contributed by atoms with Gasteiger partial charge in [0.25, 0.3) is 0 Å². The Kier molecular flexibility index (Phi) is 8.52. The van der Waals surface area contributed by atoms with Gasteiger partial charge in [-0.1, -0.05) is 13.0 Å². The van der Waals surface area contributed by atoms with Crippen molar-refractivity contribution < 1.29 is 22.7 Å². The number of urea groups is 1. The van der Waals surface area contributed by atoms with E-state index in [1.165, 1.54) is 6.07 Å². The van der Waals surface area contributed by atoms with Crippen molar-refractivity contribution in [3.05, 3.63) is 83.6 Å². The molecule has 6 heterocycles. The second kappa shape index (κ2) is 12.9. The average molecular weight is 660 g/mol. The molecule has 0 aliphatic carbocycles. The highest BCUT2D eigenvalue weighted by atomic mass is 19.4. The number of nitrogens with zero attached hydrogens (tertiary/aromatic N) is 6. The van der Waals surface area contributed by atoms with Crippen molar-refractivity contribution in [1.29, 1.82) is 0 Å². The quantitative estimate of drug-likeness (QED) is 0.184. The second-order valence-electron chi connectivity index (χ2n) is 12.4. The normalized spacial score (nSPS) is 17.4. The third-order valence-corrected chi connectivity index (χ3v) is 9.13. The molecule has 2 aliphatic heterocycles. The summed E-state index contributed by atoms with van der Waals surface area (Å²) in [5.41, 5.74) is 3.65. The van der Waals surface area contributed by atoms with Crippen molar-refractivity contribution in [3.63, 3.8) is 0 Å². The van der Waals surface area contributed by atoms with Crippen molar-refractivity contribution in [3.8, 4) is 22.8 Å². The standard InChI is InChI=1S/C34H36F3N9O2/c1-3-21-19-46(33(47)42-25-5-4-22(28(13-25)34(35,36)37)18-45-10-8-44(2)9-11-45)20-23-12-26(17-39-31(21)23)48-30-6-7-38-32-27(30)14-29(43-32)24-15-40-41-16-24/h4-7,12-17,21H,3,8-11,18-20H2,1-2H3,(H,38,43)(H,40,41)(H,42,47)/t21-/m0/s1. The molecular formula is C34H36F3N9O2. The average Bonchev–Trinajstić information content (AvgIpc) is 3.77. The number of nitrogens with one attached hydrogen (secondary N) is 3. The summed E-state index contributed by atoms with van der Waals surface area (Å²) in [6.45, 7) is 5.88. The first kappa shape index (κ1) is 31.6. The molecule has 7 rings (SSSR count). The lowest BCUT2D eigenvalue weighted by Crippen LogP contribution is -2.44. The Morgan fingerprint density at radius 1 is 1.08 bits per heavy atom. The fraction of sp³-hybridized carbons (Fsp3) is 0.353. The molecule has 2 aliphatic rings. The van der Waals surface area contributed by atoms with Gasteiger partial charge in [0, 0.05) is 75.4 Å². The van der Waals surface area contributed by atoms with Gasteiger partial charge < -0.3 is 24.8 Å². The number of ether oxygens (including phenoxy) is 1. The molecule has 3 N–H and O–H groups in total. The van der Waals surface area contributed by atoms with Crippen LogP contribution in [-0.4, -0.2) is 85.7 Å². The van der Waals surface area contributed by atoms with Gasteiger partial charge in [-0.15, -0.1) is 0 Å². The Labute approximate surface area is 275 Å². The summed E-state index contributed by atoms with van der Waals surface area (Å²) in [6, 6.07) is 9.18. The minimum Gasteiger partial charge on any atom is -0.455 e. The van der Waals surface area contributed by atoms with Crippen LogP contribution in [0.1, 0.15) is 41.6 Å². The van der Waals surface area contributed by atoms with E-state index in [-0.39, 0.29) is 30.3 Å². The van der Waals surface area contributed by atoms with Gasteiger partial charge in [0.05, 0.1) is 34.7 Å². The van der Waals surface area contributed by atoms with Crippen LogP contribution in [-0.2, 0) is 19.3 Å². The van der Waals surface area contributed by atoms with Crippen LogP contribution in [0.25, 0.3) is 22.3 Å². The number of benzene rings is 1. The largest absolute Gasteiger partial charge is 0.455 e. The number of alkyl halides is 3. The number of likely N-dealkylation sites (N-methyl/N-ethyl adjacent to an activating group) is 1. The lowest BCUT2D eigenvalue weighted by Gasteiger charge is -2.34. The van der Waals surface area contributed by atoms with Crippen LogP contribution >= 0.6 is 0 Å². The van der Waals surface area contributed by atoms with E-state index in [2.05, 4.69) is 30.4 Å². The van der Waals surface area contributed by atoms with Crippen molar-refractivity contribution in [1.82, 2.24) is 39.8 Å². The number of carbonyl (C=O) groups is 1. The minimum absolute atomic E-state index is 0.0416. The first-order valence-electron chi connectivity index (χ1n) is 15.9. The predicted octanol–water partition coefficient (Wildman–Crippen LogP) is 6.45. The SMILES string of the molecule is CC[C@H]1CN(C(=O)Nc2ccc(CN3CCN(C)CC3)c(C(F)(F)F)c2)Cc2cc(Oc3ccnc4[nH]c(-c5cn[nH]c5)cc34)cnc21. The number of aromatic nitrogens is 5. The van der Waals surface area contributed by atoms with E-state index in [1.54, 1.807) is 41.8 Å². The molecule has 4 aromatic heterocycles. The maximum Gasteiger partial charge on any atom is 0.416 e. The second-order valence-corrected chi connectivity index (χ2v) is 12.4. The maximum absolute atomic E-state index is 14.2. The molecule has 5 aromatic rings. The Bertz CT molecular complexity index is 1920. The number of H-pyrrole nitrogens is 2. The molecule has 2 amide bonds. The summed E-state index contributed by atoms with van der Waals surface area (Å²) in [5.74, 6) is 1.04. The summed E-state index contributed by atoms with van der Waals surface area (Å²) in [6.07, 6.45) is 3.00. The van der Waals surface area contributed by atoms with Gasteiger partial charge in [0.2, 0.25) is 0 Å². The highest BCUT2D eigenvalue weighted by Gasteiger charge is 2.35. The monoisotopic (exact) mass is 659 g/mol. The van der Waals surface area contributed by atoms with E-state index >= 15 is 0 Å². The third-order valence-electron chi connectivity index (χ3n) is 9.13. The highest BCUT2D eigenvalue weighted by Crippen LogP contribution is 2.37. The predicted molar refractivity (Wildman–Crippen MR) is 175 cm³/mol. The summed E-state index contributed by atoms with van der Waals surface area (Å²) < 4.78 is 48.8. The maximum atomic E-state index is 14.2. The molecule has 0 unspecified atom stereocenters. The van der Waals surface area contributed by atoms with Crippen molar-refractivity contribution in [2.75, 3.05) is 45.1 Å². The summed E-state index contributed by atoms with van der Waals surface area (Å²) in [4.78, 5) is 31.7. The zero-order chi connectivity index (χ0) is 33.4. The topological polar surface area (TPSA) is 118 Å². The lowest BCUT2D eigenvalue weighted by atomic mass is 9.92. The molecule has 0 spiro atoms. The number of amides is 2. The van der Waals surface area contributed by atoms with Crippen LogP contribution < -0.4 is 10.1 Å². The molecule has 1 atom stereocenters. The number of rotatable bonds is 7. The number of halogens is 3. The van der Waals surface area contributed by atoms with Gasteiger partial charge in [-0.25, -0.2) is 9.78 Å².